The van der Waals surface area contributed by atoms with E-state index in [4.69, 9.17) is 11.6 Å². The zero-order valence-corrected chi connectivity index (χ0v) is 14.3. The van der Waals surface area contributed by atoms with Gasteiger partial charge in [-0.1, -0.05) is 30.5 Å². The molecule has 2 fully saturated rings. The van der Waals surface area contributed by atoms with Crippen LogP contribution < -0.4 is 0 Å². The Morgan fingerprint density at radius 1 is 1.04 bits per heavy atom. The quantitative estimate of drug-likeness (QED) is 0.850. The zero-order chi connectivity index (χ0) is 15.6. The van der Waals surface area contributed by atoms with E-state index in [1.807, 2.05) is 18.3 Å². The van der Waals surface area contributed by atoms with Gasteiger partial charge in [0.25, 0.3) is 0 Å². The minimum Gasteiger partial charge on any atom is -0.298 e. The Bertz CT molecular complexity index is 673. The molecule has 4 heteroatoms. The molecule has 0 spiro atoms. The molecule has 1 saturated carbocycles. The summed E-state index contributed by atoms with van der Waals surface area (Å²) in [5, 5.41) is 1.86. The van der Waals surface area contributed by atoms with Crippen LogP contribution in [0.3, 0.4) is 0 Å². The van der Waals surface area contributed by atoms with Gasteiger partial charge in [-0.3, -0.25) is 14.8 Å². The van der Waals surface area contributed by atoms with Gasteiger partial charge in [0.05, 0.1) is 5.52 Å². The van der Waals surface area contributed by atoms with Crippen LogP contribution in [0.5, 0.6) is 0 Å². The van der Waals surface area contributed by atoms with E-state index in [1.54, 1.807) is 0 Å². The van der Waals surface area contributed by atoms with Crippen LogP contribution in [0.2, 0.25) is 5.02 Å². The standard InChI is InChI=1S/C19H24ClN3/c20-18-8-7-15(19-17(18)6-3-9-21-19)14-22-10-12-23(13-11-22)16-4-1-2-5-16/h3,6-9,16H,1-2,4-5,10-14H2. The third-order valence-electron chi connectivity index (χ3n) is 5.44. The fourth-order valence-corrected chi connectivity index (χ4v) is 4.34. The number of hydrogen-bond acceptors (Lipinski definition) is 3. The van der Waals surface area contributed by atoms with Crippen molar-refractivity contribution in [1.82, 2.24) is 14.8 Å². The molecule has 0 unspecified atom stereocenters. The first-order valence-corrected chi connectivity index (χ1v) is 9.17. The summed E-state index contributed by atoms with van der Waals surface area (Å²) in [6.45, 7) is 5.72. The summed E-state index contributed by atoms with van der Waals surface area (Å²) in [6, 6.07) is 9.02. The minimum absolute atomic E-state index is 0.794. The molecular formula is C19H24ClN3. The molecule has 0 amide bonds. The fraction of sp³-hybridized carbons (Fsp3) is 0.526. The van der Waals surface area contributed by atoms with Crippen LogP contribution in [0.15, 0.2) is 30.5 Å². The Morgan fingerprint density at radius 2 is 1.83 bits per heavy atom. The predicted octanol–water partition coefficient (Wildman–Crippen LogP) is 3.95. The first-order valence-electron chi connectivity index (χ1n) is 8.80. The van der Waals surface area contributed by atoms with E-state index in [9.17, 15) is 0 Å². The van der Waals surface area contributed by atoms with E-state index in [1.165, 1.54) is 44.3 Å². The van der Waals surface area contributed by atoms with Gasteiger partial charge in [0.1, 0.15) is 0 Å². The van der Waals surface area contributed by atoms with E-state index in [0.29, 0.717) is 0 Å². The molecule has 2 aromatic rings. The van der Waals surface area contributed by atoms with Gasteiger partial charge in [-0.15, -0.1) is 0 Å². The number of fused-ring (bicyclic) bond motifs is 1. The average molecular weight is 330 g/mol. The largest absolute Gasteiger partial charge is 0.298 e. The summed E-state index contributed by atoms with van der Waals surface area (Å²) in [4.78, 5) is 9.83. The SMILES string of the molecule is Clc1ccc(CN2CCN(C3CCCC3)CC2)c2ncccc12. The Hall–Kier alpha value is -1.16. The predicted molar refractivity (Wildman–Crippen MR) is 95.9 cm³/mol. The summed E-state index contributed by atoms with van der Waals surface area (Å²) in [5.74, 6) is 0. The zero-order valence-electron chi connectivity index (χ0n) is 13.5. The van der Waals surface area contributed by atoms with Crippen molar-refractivity contribution >= 4 is 22.5 Å². The van der Waals surface area contributed by atoms with Crippen LogP contribution >= 0.6 is 11.6 Å². The van der Waals surface area contributed by atoms with Crippen molar-refractivity contribution in [3.05, 3.63) is 41.0 Å². The molecule has 2 aliphatic rings. The highest BCUT2D eigenvalue weighted by Crippen LogP contribution is 2.27. The number of pyridine rings is 1. The van der Waals surface area contributed by atoms with Crippen molar-refractivity contribution in [3.8, 4) is 0 Å². The molecule has 1 aliphatic carbocycles. The number of nitrogens with zero attached hydrogens (tertiary/aromatic N) is 3. The summed E-state index contributed by atoms with van der Waals surface area (Å²) >= 11 is 6.30. The maximum atomic E-state index is 6.30. The lowest BCUT2D eigenvalue weighted by Gasteiger charge is -2.38. The molecule has 0 N–H and O–H groups in total. The van der Waals surface area contributed by atoms with Gasteiger partial charge in [0.2, 0.25) is 0 Å². The Morgan fingerprint density at radius 3 is 2.61 bits per heavy atom. The van der Waals surface area contributed by atoms with Gasteiger partial charge >= 0.3 is 0 Å². The van der Waals surface area contributed by atoms with Crippen LogP contribution in [0.1, 0.15) is 31.2 Å². The molecule has 2 heterocycles. The maximum Gasteiger partial charge on any atom is 0.0761 e. The van der Waals surface area contributed by atoms with Gasteiger partial charge in [0, 0.05) is 55.4 Å². The molecule has 122 valence electrons. The van der Waals surface area contributed by atoms with Gasteiger partial charge < -0.3 is 0 Å². The topological polar surface area (TPSA) is 19.4 Å². The number of hydrogen-bond donors (Lipinski definition) is 0. The molecule has 23 heavy (non-hydrogen) atoms. The fourth-order valence-electron chi connectivity index (χ4n) is 4.12. The van der Waals surface area contributed by atoms with Crippen LogP contribution in [-0.4, -0.2) is 47.0 Å². The Kier molecular flexibility index (Phi) is 4.52. The molecule has 1 aromatic carbocycles. The van der Waals surface area contributed by atoms with Gasteiger partial charge in [-0.25, -0.2) is 0 Å². The molecule has 0 bridgehead atoms. The van der Waals surface area contributed by atoms with Crippen LogP contribution in [-0.2, 0) is 6.54 Å². The van der Waals surface area contributed by atoms with Crippen molar-refractivity contribution < 1.29 is 0 Å². The lowest BCUT2D eigenvalue weighted by molar-refractivity contribution is 0.0939. The second-order valence-corrected chi connectivity index (χ2v) is 7.26. The number of halogens is 1. The van der Waals surface area contributed by atoms with E-state index in [2.05, 4.69) is 26.9 Å². The molecule has 1 saturated heterocycles. The first kappa shape index (κ1) is 15.4. The van der Waals surface area contributed by atoms with Crippen molar-refractivity contribution in [2.24, 2.45) is 0 Å². The van der Waals surface area contributed by atoms with E-state index < -0.39 is 0 Å². The lowest BCUT2D eigenvalue weighted by Crippen LogP contribution is -2.49. The second-order valence-electron chi connectivity index (χ2n) is 6.86. The summed E-state index contributed by atoms with van der Waals surface area (Å²) < 4.78 is 0. The number of piperazine rings is 1. The van der Waals surface area contributed by atoms with Crippen molar-refractivity contribution in [3.63, 3.8) is 0 Å². The summed E-state index contributed by atoms with van der Waals surface area (Å²) in [7, 11) is 0. The van der Waals surface area contributed by atoms with E-state index in [0.717, 1.165) is 41.6 Å². The van der Waals surface area contributed by atoms with Crippen molar-refractivity contribution in [2.45, 2.75) is 38.3 Å². The smallest absolute Gasteiger partial charge is 0.0761 e. The number of benzene rings is 1. The molecule has 0 radical (unpaired) electrons. The van der Waals surface area contributed by atoms with Crippen LogP contribution in [0.4, 0.5) is 0 Å². The number of aromatic nitrogens is 1. The normalized spacial score (nSPS) is 21.3. The van der Waals surface area contributed by atoms with Crippen LogP contribution in [0.25, 0.3) is 10.9 Å². The Labute approximate surface area is 143 Å². The van der Waals surface area contributed by atoms with Crippen molar-refractivity contribution in [2.75, 3.05) is 26.2 Å². The average Bonchev–Trinajstić information content (AvgIpc) is 3.13. The van der Waals surface area contributed by atoms with Gasteiger partial charge in [0.15, 0.2) is 0 Å². The molecule has 0 atom stereocenters. The highest BCUT2D eigenvalue weighted by Gasteiger charge is 2.26. The molecule has 1 aromatic heterocycles. The number of rotatable bonds is 3. The third kappa shape index (κ3) is 3.23. The van der Waals surface area contributed by atoms with Gasteiger partial charge in [-0.05, 0) is 36.6 Å². The lowest BCUT2D eigenvalue weighted by atomic mass is 10.1. The Balaban J connectivity index is 1.44. The molecule has 1 aliphatic heterocycles. The van der Waals surface area contributed by atoms with Gasteiger partial charge in [-0.2, -0.15) is 0 Å². The monoisotopic (exact) mass is 329 g/mol. The highest BCUT2D eigenvalue weighted by atomic mass is 35.5. The van der Waals surface area contributed by atoms with Crippen molar-refractivity contribution in [1.29, 1.82) is 0 Å². The molecule has 4 rings (SSSR count). The molecule has 3 nitrogen and oxygen atoms in total. The van der Waals surface area contributed by atoms with E-state index in [-0.39, 0.29) is 0 Å². The van der Waals surface area contributed by atoms with E-state index >= 15 is 0 Å². The first-order chi connectivity index (χ1) is 11.3. The summed E-state index contributed by atoms with van der Waals surface area (Å²) in [6.07, 6.45) is 7.53. The minimum atomic E-state index is 0.794. The summed E-state index contributed by atoms with van der Waals surface area (Å²) in [5.41, 5.74) is 2.34. The third-order valence-corrected chi connectivity index (χ3v) is 5.77. The second kappa shape index (κ2) is 6.76. The highest BCUT2D eigenvalue weighted by molar-refractivity contribution is 6.35. The van der Waals surface area contributed by atoms with Crippen LogP contribution in [0, 0.1) is 0 Å². The molecular weight excluding hydrogens is 306 g/mol. The maximum absolute atomic E-state index is 6.30.